The molecule has 7 aliphatic rings. The number of nitrogen functional groups attached to an aromatic ring is 6. The number of nitrogens with two attached hydrogens (primary N) is 6. The van der Waals surface area contributed by atoms with Crippen LogP contribution in [-0.4, -0.2) is 402 Å². The Morgan fingerprint density at radius 1 is 0.359 bits per heavy atom. The van der Waals surface area contributed by atoms with Crippen LogP contribution in [0.1, 0.15) is 96.7 Å². The van der Waals surface area contributed by atoms with E-state index in [-0.39, 0.29) is 6.10 Å². The number of alkyl halides is 2. The Balaban J connectivity index is 0.000000135. The summed E-state index contributed by atoms with van der Waals surface area (Å²) in [7, 11) is 0. The van der Waals surface area contributed by atoms with Gasteiger partial charge in [0.25, 0.3) is 0 Å². The molecule has 2 bridgehead atoms. The summed E-state index contributed by atoms with van der Waals surface area (Å²) in [5.41, 5.74) is 40.9. The lowest BCUT2D eigenvalue weighted by Crippen LogP contribution is -2.43. The second-order valence-corrected chi connectivity index (χ2v) is 69.3. The third-order valence-electron chi connectivity index (χ3n) is 26.7. The first-order chi connectivity index (χ1) is 66.2. The number of imidazole rings is 6. The summed E-state index contributed by atoms with van der Waals surface area (Å²) in [6, 6.07) is 10.1. The molecular weight excluding hydrogens is 1960 g/mol. The molecule has 21 N–H and O–H groups in total. The molecule has 19 heterocycles. The third kappa shape index (κ3) is 23.8. The maximum Gasteiger partial charge on any atom is 0.173 e. The molecule has 40 nitrogen and oxygen atoms in total. The minimum absolute atomic E-state index is 0.304. The maximum absolute atomic E-state index is 14.6. The van der Waals surface area contributed by atoms with Crippen LogP contribution in [-0.2, 0) is 33.2 Å². The topological polar surface area (TPSA) is 587 Å². The molecule has 778 valence electrons. The molecule has 0 radical (unpaired) electrons. The number of aromatic nitrogens is 18. The van der Waals surface area contributed by atoms with Crippen LogP contribution >= 0.6 is 52.9 Å². The Kier molecular flexibility index (Phi) is 32.6. The second kappa shape index (κ2) is 42.3. The molecule has 0 amide bonds. The lowest BCUT2D eigenvalue weighted by Gasteiger charge is -2.32. The number of aliphatic hydroxyl groups is 9. The maximum atomic E-state index is 14.6. The van der Waals surface area contributed by atoms with Crippen LogP contribution in [0.25, 0.3) is 67.0 Å². The van der Waals surface area contributed by atoms with E-state index in [0.29, 0.717) is 133 Å². The number of hydrogen-bond acceptors (Lipinski definition) is 34. The van der Waals surface area contributed by atoms with Gasteiger partial charge < -0.3 is 114 Å². The number of pyridine rings is 6. The predicted molar refractivity (Wildman–Crippen MR) is 578 cm³/mol. The van der Waals surface area contributed by atoms with E-state index in [2.05, 4.69) is 178 Å². The van der Waals surface area contributed by atoms with Gasteiger partial charge in [-0.15, -0.1) is 90.7 Å². The molecule has 0 aliphatic carbocycles. The fourth-order valence-corrected chi connectivity index (χ4v) is 24.4. The summed E-state index contributed by atoms with van der Waals surface area (Å²) in [5, 5.41) is 94.6. The van der Waals surface area contributed by atoms with Gasteiger partial charge in [-0.25, -0.2) is 64.2 Å². The van der Waals surface area contributed by atoms with Gasteiger partial charge in [-0.1, -0.05) is 0 Å². The standard InChI is InChI=1S/C16H23N4O3P.3C16H25N4O3P.C15H22ClN4O2P.C15H22FN4O2P/c1-24(2,3)7-5-16-8-22-12(13(16)21)15(23-16)20-9-19-11-10(17)4-6-18-14(11)20;1-16(6-8-24(2,3)4)13(22)12(21)15(23-16)20-9-19-11-10(17)5-7-18-14(11)20;2*1-16(22)13(21)11(6-8-24(2,3)4)23-15(16)20-9-19-12-10(17)5-7-18-14(12)20;2*1-23(2,3)7-5-10-13(21)11(16)15(22-10)20-8-19-12-9(17)4-6-18-14(12)20/h4,6,9,12-13,15,21H,1,5,7-8H2,2-3H3,(H2,17,18);5,7,9,12-13,15,21-22H,2,6,8H2,1,3-4H3,(H2,17,18);2*5,7,9,11,13,15,21-22H,2,6,8H2,1,3-4H3,(H2,17,18);2*4,6,8,10-11,13,15,21H,1,5,7H2,2-3H3,(H2,17,18)/t12-,13+,15-,16+;12-,13+,15-,16-;11?,13-,15-,16+;11?,13-,15-,16-;2*10?,11-,13-,15-/m111111/s1. The van der Waals surface area contributed by atoms with Crippen molar-refractivity contribution in [1.82, 2.24) is 87.2 Å². The first kappa shape index (κ1) is 110. The summed E-state index contributed by atoms with van der Waals surface area (Å²) in [4.78, 5) is 51.3. The number of ether oxygens (including phenoxy) is 7. The highest BCUT2D eigenvalue weighted by molar-refractivity contribution is 7.73. The normalized spacial score (nSPS) is 30.5. The Morgan fingerprint density at radius 3 is 0.993 bits per heavy atom. The van der Waals surface area contributed by atoms with E-state index in [1.807, 2.05) is 11.5 Å². The lowest BCUT2D eigenvalue weighted by molar-refractivity contribution is -0.172. The number of rotatable bonds is 24. The Hall–Kier alpha value is -8.10. The van der Waals surface area contributed by atoms with Crippen LogP contribution in [0.15, 0.2) is 112 Å². The molecule has 48 heteroatoms. The van der Waals surface area contributed by atoms with Gasteiger partial charge in [-0.2, -0.15) is 0 Å². The average Bonchev–Trinajstić information content (AvgIpc) is 1.57. The molecule has 4 unspecified atom stereocenters. The largest absolute Gasteiger partial charge is 0.397 e. The van der Waals surface area contributed by atoms with Crippen LogP contribution in [0.4, 0.5) is 38.5 Å². The van der Waals surface area contributed by atoms with Crippen molar-refractivity contribution < 1.29 is 83.5 Å². The molecule has 24 atom stereocenters. The summed E-state index contributed by atoms with van der Waals surface area (Å²) in [5.74, 6) is 0. The van der Waals surface area contributed by atoms with Gasteiger partial charge in [0.2, 0.25) is 0 Å². The average molecular weight is 2100 g/mol. The quantitative estimate of drug-likeness (QED) is 0.0200. The monoisotopic (exact) mass is 2100 g/mol. The van der Waals surface area contributed by atoms with Crippen LogP contribution in [0.3, 0.4) is 0 Å². The first-order valence-electron chi connectivity index (χ1n) is 46.8. The van der Waals surface area contributed by atoms with E-state index in [1.54, 1.807) is 137 Å². The molecule has 7 saturated heterocycles. The molecule has 7 aliphatic heterocycles. The van der Waals surface area contributed by atoms with Crippen LogP contribution < -0.4 is 34.4 Å². The van der Waals surface area contributed by atoms with E-state index in [9.17, 15) is 50.3 Å². The molecule has 142 heavy (non-hydrogen) atoms. The van der Waals surface area contributed by atoms with Crippen molar-refractivity contribution in [1.29, 1.82) is 0 Å². The number of fused-ring (bicyclic) bond motifs is 8. The lowest BCUT2D eigenvalue weighted by atomic mass is 9.95. The summed E-state index contributed by atoms with van der Waals surface area (Å²) in [6.07, 6.45) is 38.9. The molecule has 7 fully saturated rings. The van der Waals surface area contributed by atoms with E-state index in [0.717, 1.165) is 49.8 Å². The van der Waals surface area contributed by atoms with Crippen molar-refractivity contribution in [3.63, 3.8) is 0 Å². The molecule has 0 aromatic carbocycles. The van der Waals surface area contributed by atoms with E-state index in [1.165, 1.54) is 10.9 Å². The van der Waals surface area contributed by atoms with Gasteiger partial charge in [0.15, 0.2) is 77.4 Å². The van der Waals surface area contributed by atoms with E-state index >= 15 is 0 Å². The highest BCUT2D eigenvalue weighted by Crippen LogP contribution is 2.53. The van der Waals surface area contributed by atoms with Crippen molar-refractivity contribution >= 4 is 192 Å². The van der Waals surface area contributed by atoms with Gasteiger partial charge in [-0.3, -0.25) is 27.4 Å². The second-order valence-electron chi connectivity index (χ2n) is 42.9. The van der Waals surface area contributed by atoms with Gasteiger partial charge >= 0.3 is 0 Å². The Labute approximate surface area is 831 Å². The predicted octanol–water partition coefficient (Wildman–Crippen LogP) is 8.19. The van der Waals surface area contributed by atoms with Crippen molar-refractivity contribution in [3.8, 4) is 0 Å². The van der Waals surface area contributed by atoms with Gasteiger partial charge in [0.1, 0.15) is 104 Å². The van der Waals surface area contributed by atoms with Crippen molar-refractivity contribution in [2.45, 2.75) is 204 Å². The van der Waals surface area contributed by atoms with E-state index < -0.39 is 180 Å². The minimum atomic E-state index is -1.54. The van der Waals surface area contributed by atoms with Crippen molar-refractivity contribution in [3.05, 3.63) is 112 Å². The number of aliphatic hydroxyl groups excluding tert-OH is 7. The van der Waals surface area contributed by atoms with Crippen LogP contribution in [0.5, 0.6) is 0 Å². The van der Waals surface area contributed by atoms with Crippen LogP contribution in [0, 0.1) is 0 Å². The number of nitrogens with zero attached hydrogens (tertiary/aromatic N) is 18. The molecule has 0 saturated carbocycles. The van der Waals surface area contributed by atoms with Gasteiger partial charge in [0, 0.05) is 37.2 Å². The number of halogens is 2. The number of anilines is 6. The summed E-state index contributed by atoms with van der Waals surface area (Å²) < 4.78 is 66.6. The smallest absolute Gasteiger partial charge is 0.173 e. The zero-order valence-electron chi connectivity index (χ0n) is 83.2. The molecule has 0 spiro atoms. The summed E-state index contributed by atoms with van der Waals surface area (Å²) >= 11 is 6.42. The molecule has 12 aromatic rings. The highest BCUT2D eigenvalue weighted by Gasteiger charge is 2.62. The van der Waals surface area contributed by atoms with Crippen LogP contribution in [0.2, 0.25) is 0 Å². The molecule has 19 rings (SSSR count). The minimum Gasteiger partial charge on any atom is -0.397 e. The Bertz CT molecular complexity index is 6470. The SMILES string of the molecule is C=P(C)(C)CCC1O[C@@H](n2cnc3c(N)ccnc32)[C@@](C)(O)[C@@H]1O.C=P(C)(C)CCC1O[C@@H](n2cnc3c(N)ccnc32)[C@H](Cl)[C@@H]1O.C=P(C)(C)CCC1O[C@@H](n2cnc3c(N)ccnc32)[C@H](F)[C@@H]1O.C=P(C)(C)CCC1O[C@@H](n2cnc3c(N)ccnc32)[C@](C)(O)[C@@H]1O.C=P(C)(C)CC[C@@]1(C)O[C@@H](n2cnc3c(N)ccnc32)[C@H](O)[C@@H]1O.C=P(C)(C)CC[C@@]12CO[C@@H]([C@H](n3cnc4c(N)ccnc43)O1)[C@@H]2O. The molecular formula is C94H142ClFN24O16P6. The summed E-state index contributed by atoms with van der Waals surface area (Å²) in [6.45, 7) is 23.8. The molecule has 12 aromatic heterocycles. The van der Waals surface area contributed by atoms with Gasteiger partial charge in [-0.05, 0) is 213 Å². The van der Waals surface area contributed by atoms with Gasteiger partial charge in [0.05, 0.1) is 109 Å². The number of hydrogen-bond donors (Lipinski definition) is 15. The fraction of sp³-hybridized carbons (Fsp3) is 0.553. The van der Waals surface area contributed by atoms with E-state index in [4.69, 9.17) is 79.2 Å². The zero-order chi connectivity index (χ0) is 104. The van der Waals surface area contributed by atoms with Crippen molar-refractivity contribution in [2.75, 3.05) is 158 Å². The van der Waals surface area contributed by atoms with Crippen molar-refractivity contribution in [2.24, 2.45) is 0 Å². The first-order valence-corrected chi connectivity index (χ1v) is 65.5. The Morgan fingerprint density at radius 2 is 0.648 bits per heavy atom. The third-order valence-corrected chi connectivity index (χ3v) is 35.9. The zero-order valence-corrected chi connectivity index (χ0v) is 89.3. The highest BCUT2D eigenvalue weighted by atomic mass is 35.5. The fourth-order valence-electron chi connectivity index (χ4n) is 18.2.